The first kappa shape index (κ1) is 19.7. The summed E-state index contributed by atoms with van der Waals surface area (Å²) in [5, 5.41) is 0. The van der Waals surface area contributed by atoms with Crippen LogP contribution in [0.5, 0.6) is 5.75 Å². The van der Waals surface area contributed by atoms with Gasteiger partial charge in [-0.05, 0) is 55.4 Å². The molecule has 6 nitrogen and oxygen atoms in total. The minimum atomic E-state index is 0.137. The lowest BCUT2D eigenvalue weighted by molar-refractivity contribution is 0.0921. The van der Waals surface area contributed by atoms with Crippen LogP contribution in [0.25, 0.3) is 0 Å². The minimum Gasteiger partial charge on any atom is -0.496 e. The lowest BCUT2D eigenvalue weighted by Gasteiger charge is -2.38. The third-order valence-corrected chi connectivity index (χ3v) is 6.09. The number of ether oxygens (including phenoxy) is 1. The lowest BCUT2D eigenvalue weighted by atomic mass is 9.95. The van der Waals surface area contributed by atoms with Crippen molar-refractivity contribution in [1.29, 1.82) is 0 Å². The summed E-state index contributed by atoms with van der Waals surface area (Å²) in [7, 11) is 3.91. The first-order valence-electron chi connectivity index (χ1n) is 10.3. The number of carbonyl (C=O) groups is 1. The second-order valence-electron chi connectivity index (χ2n) is 8.04. The molecule has 0 atom stereocenters. The molecular weight excluding hydrogens is 364 g/mol. The molecule has 1 fully saturated rings. The number of carbonyl (C=O) groups excluding carboxylic acids is 1. The maximum Gasteiger partial charge on any atom is 0.176 e. The average Bonchev–Trinajstić information content (AvgIpc) is 2.74. The second kappa shape index (κ2) is 8.43. The molecular formula is C23H30N4O2. The zero-order chi connectivity index (χ0) is 20.4. The summed E-state index contributed by atoms with van der Waals surface area (Å²) in [4.78, 5) is 19.8. The van der Waals surface area contributed by atoms with Crippen molar-refractivity contribution in [2.75, 3.05) is 64.1 Å². The van der Waals surface area contributed by atoms with Gasteiger partial charge in [0.25, 0.3) is 0 Å². The molecule has 0 bridgehead atoms. The topological polar surface area (TPSA) is 62.0 Å². The van der Waals surface area contributed by atoms with Gasteiger partial charge in [0.2, 0.25) is 0 Å². The van der Waals surface area contributed by atoms with Crippen LogP contribution >= 0.6 is 0 Å². The van der Waals surface area contributed by atoms with Crippen LogP contribution in [-0.4, -0.2) is 69.0 Å². The van der Waals surface area contributed by atoms with E-state index in [1.807, 2.05) is 12.1 Å². The summed E-state index contributed by atoms with van der Waals surface area (Å²) in [6.45, 7) is 6.24. The first-order valence-corrected chi connectivity index (χ1v) is 10.3. The van der Waals surface area contributed by atoms with E-state index in [0.29, 0.717) is 12.2 Å². The summed E-state index contributed by atoms with van der Waals surface area (Å²) in [5.41, 5.74) is 11.0. The van der Waals surface area contributed by atoms with Crippen molar-refractivity contribution in [3.8, 4) is 5.75 Å². The van der Waals surface area contributed by atoms with Crippen LogP contribution in [0.4, 0.5) is 11.4 Å². The van der Waals surface area contributed by atoms with Gasteiger partial charge in [-0.2, -0.15) is 0 Å². The van der Waals surface area contributed by atoms with Crippen molar-refractivity contribution in [3.05, 3.63) is 53.1 Å². The maximum atomic E-state index is 12.8. The Morgan fingerprint density at radius 3 is 2.41 bits per heavy atom. The van der Waals surface area contributed by atoms with E-state index in [4.69, 9.17) is 10.5 Å². The van der Waals surface area contributed by atoms with E-state index in [1.165, 1.54) is 16.8 Å². The fourth-order valence-electron chi connectivity index (χ4n) is 4.32. The Hall–Kier alpha value is -2.57. The standard InChI is InChI=1S/C23H30N4O2/c1-25-11-13-27(14-12-25)21-7-8-23(29-2)19-9-10-26(15-20(19)21)16-22(28)17-3-5-18(24)6-4-17/h3-8H,9-16,24H2,1-2H3. The summed E-state index contributed by atoms with van der Waals surface area (Å²) < 4.78 is 5.64. The zero-order valence-electron chi connectivity index (χ0n) is 17.4. The maximum absolute atomic E-state index is 12.8. The average molecular weight is 395 g/mol. The number of hydrogen-bond donors (Lipinski definition) is 1. The Balaban J connectivity index is 1.55. The highest BCUT2D eigenvalue weighted by atomic mass is 16.5. The van der Waals surface area contributed by atoms with Crippen LogP contribution in [-0.2, 0) is 13.0 Å². The summed E-state index contributed by atoms with van der Waals surface area (Å²) in [6, 6.07) is 11.5. The fraction of sp³-hybridized carbons (Fsp3) is 0.435. The summed E-state index contributed by atoms with van der Waals surface area (Å²) in [5.74, 6) is 1.10. The van der Waals surface area contributed by atoms with Gasteiger partial charge in [0.1, 0.15) is 5.75 Å². The number of piperazine rings is 1. The van der Waals surface area contributed by atoms with Gasteiger partial charge >= 0.3 is 0 Å². The Morgan fingerprint density at radius 1 is 1.00 bits per heavy atom. The van der Waals surface area contributed by atoms with Gasteiger partial charge in [0, 0.05) is 61.8 Å². The molecule has 0 aliphatic carbocycles. The highest BCUT2D eigenvalue weighted by molar-refractivity contribution is 5.97. The summed E-state index contributed by atoms with van der Waals surface area (Å²) >= 11 is 0. The normalized spacial score (nSPS) is 17.8. The van der Waals surface area contributed by atoms with Gasteiger partial charge in [-0.3, -0.25) is 9.69 Å². The van der Waals surface area contributed by atoms with Gasteiger partial charge in [0.15, 0.2) is 5.78 Å². The Kier molecular flexibility index (Phi) is 5.74. The molecule has 4 rings (SSSR count). The van der Waals surface area contributed by atoms with Gasteiger partial charge in [-0.25, -0.2) is 0 Å². The van der Waals surface area contributed by atoms with E-state index >= 15 is 0 Å². The van der Waals surface area contributed by atoms with E-state index in [2.05, 4.69) is 33.9 Å². The number of nitrogens with zero attached hydrogens (tertiary/aromatic N) is 3. The van der Waals surface area contributed by atoms with Crippen LogP contribution in [0, 0.1) is 0 Å². The van der Waals surface area contributed by atoms with Crippen molar-refractivity contribution in [1.82, 2.24) is 9.80 Å². The molecule has 29 heavy (non-hydrogen) atoms. The van der Waals surface area contributed by atoms with Crippen LogP contribution < -0.4 is 15.4 Å². The first-order chi connectivity index (χ1) is 14.0. The van der Waals surface area contributed by atoms with Crippen LogP contribution in [0.1, 0.15) is 21.5 Å². The van der Waals surface area contributed by atoms with Crippen molar-refractivity contribution in [3.63, 3.8) is 0 Å². The number of nitrogens with two attached hydrogens (primary N) is 1. The van der Waals surface area contributed by atoms with E-state index < -0.39 is 0 Å². The Labute approximate surface area is 172 Å². The third-order valence-electron chi connectivity index (χ3n) is 6.09. The minimum absolute atomic E-state index is 0.137. The number of nitrogen functional groups attached to an aromatic ring is 1. The number of methoxy groups -OCH3 is 1. The molecule has 2 heterocycles. The molecule has 0 unspecified atom stereocenters. The molecule has 0 aromatic heterocycles. The van der Waals surface area contributed by atoms with Crippen LogP contribution in [0.2, 0.25) is 0 Å². The van der Waals surface area contributed by atoms with Crippen LogP contribution in [0.15, 0.2) is 36.4 Å². The predicted molar refractivity (Wildman–Crippen MR) is 117 cm³/mol. The van der Waals surface area contributed by atoms with Crippen molar-refractivity contribution in [2.24, 2.45) is 0 Å². The smallest absolute Gasteiger partial charge is 0.176 e. The number of hydrogen-bond acceptors (Lipinski definition) is 6. The van der Waals surface area contributed by atoms with Gasteiger partial charge in [-0.15, -0.1) is 0 Å². The SMILES string of the molecule is COc1ccc(N2CCN(C)CC2)c2c1CCN(CC(=O)c1ccc(N)cc1)C2. The van der Waals surface area contributed by atoms with Gasteiger partial charge in [0.05, 0.1) is 13.7 Å². The Morgan fingerprint density at radius 2 is 1.72 bits per heavy atom. The molecule has 2 aliphatic rings. The van der Waals surface area contributed by atoms with E-state index in [1.54, 1.807) is 19.2 Å². The molecule has 0 amide bonds. The van der Waals surface area contributed by atoms with E-state index in [-0.39, 0.29) is 5.78 Å². The number of likely N-dealkylation sites (N-methyl/N-ethyl adjacent to an activating group) is 1. The number of Topliss-reactive ketones (excluding diaryl/α,β-unsaturated/α-hetero) is 1. The predicted octanol–water partition coefficient (Wildman–Crippen LogP) is 2.27. The highest BCUT2D eigenvalue weighted by Gasteiger charge is 2.27. The second-order valence-corrected chi connectivity index (χ2v) is 8.04. The Bertz CT molecular complexity index is 873. The zero-order valence-corrected chi connectivity index (χ0v) is 17.4. The van der Waals surface area contributed by atoms with Crippen molar-refractivity contribution < 1.29 is 9.53 Å². The molecule has 0 saturated carbocycles. The molecule has 6 heteroatoms. The molecule has 0 spiro atoms. The van der Waals surface area contributed by atoms with Crippen molar-refractivity contribution in [2.45, 2.75) is 13.0 Å². The monoisotopic (exact) mass is 394 g/mol. The fourth-order valence-corrected chi connectivity index (χ4v) is 4.32. The summed E-state index contributed by atoms with van der Waals surface area (Å²) in [6.07, 6.45) is 0.898. The molecule has 2 aromatic carbocycles. The lowest BCUT2D eigenvalue weighted by Crippen LogP contribution is -2.45. The largest absolute Gasteiger partial charge is 0.496 e. The number of ketones is 1. The number of rotatable bonds is 5. The number of benzene rings is 2. The molecule has 2 aromatic rings. The van der Waals surface area contributed by atoms with Crippen molar-refractivity contribution >= 4 is 17.2 Å². The van der Waals surface area contributed by atoms with E-state index in [9.17, 15) is 4.79 Å². The molecule has 2 N–H and O–H groups in total. The van der Waals surface area contributed by atoms with Gasteiger partial charge in [-0.1, -0.05) is 0 Å². The highest BCUT2D eigenvalue weighted by Crippen LogP contribution is 2.35. The van der Waals surface area contributed by atoms with Crippen LogP contribution in [0.3, 0.4) is 0 Å². The van der Waals surface area contributed by atoms with Gasteiger partial charge < -0.3 is 20.3 Å². The quantitative estimate of drug-likeness (QED) is 0.620. The third kappa shape index (κ3) is 4.23. The molecule has 154 valence electrons. The van der Waals surface area contributed by atoms with E-state index in [0.717, 1.165) is 57.0 Å². The molecule has 0 radical (unpaired) electrons. The molecule has 1 saturated heterocycles. The number of fused-ring (bicyclic) bond motifs is 1. The number of anilines is 2. The molecule has 2 aliphatic heterocycles.